The van der Waals surface area contributed by atoms with E-state index in [9.17, 15) is 0 Å². The maximum atomic E-state index is 8.91. The zero-order valence-electron chi connectivity index (χ0n) is 10.3. The maximum absolute atomic E-state index is 8.91. The molecule has 0 saturated carbocycles. The fraction of sp³-hybridized carbons (Fsp3) is 0.857. The summed E-state index contributed by atoms with van der Waals surface area (Å²) in [5.74, 6) is 0.889. The van der Waals surface area contributed by atoms with Gasteiger partial charge in [0.25, 0.3) is 0 Å². The number of nitrogens with zero attached hydrogens (tertiary/aromatic N) is 1. The average molecular weight is 223 g/mol. The molecular formula is C14H25NO. The number of likely N-dealkylation sites (tertiary alicyclic amines) is 1. The van der Waals surface area contributed by atoms with Crippen molar-refractivity contribution in [1.29, 1.82) is 0 Å². The van der Waals surface area contributed by atoms with Gasteiger partial charge in [-0.25, -0.2) is 0 Å². The van der Waals surface area contributed by atoms with Crippen LogP contribution in [0.5, 0.6) is 0 Å². The first-order valence-corrected chi connectivity index (χ1v) is 6.90. The molecular weight excluding hydrogens is 198 g/mol. The van der Waals surface area contributed by atoms with E-state index in [-0.39, 0.29) is 0 Å². The summed E-state index contributed by atoms with van der Waals surface area (Å²) in [5.41, 5.74) is 0. The number of aliphatic hydroxyl groups excluding tert-OH is 1. The summed E-state index contributed by atoms with van der Waals surface area (Å²) in [5, 5.41) is 8.91. The first-order chi connectivity index (χ1) is 7.90. The van der Waals surface area contributed by atoms with Crippen molar-refractivity contribution in [2.24, 2.45) is 5.92 Å². The van der Waals surface area contributed by atoms with Gasteiger partial charge in [0.05, 0.1) is 0 Å². The largest absolute Gasteiger partial charge is 0.396 e. The predicted molar refractivity (Wildman–Crippen MR) is 67.4 cm³/mol. The highest BCUT2D eigenvalue weighted by atomic mass is 16.2. The smallest absolute Gasteiger partial charge is 0.0431 e. The number of rotatable bonds is 5. The van der Waals surface area contributed by atoms with Crippen LogP contribution in [0.4, 0.5) is 0 Å². The Morgan fingerprint density at radius 2 is 2.19 bits per heavy atom. The number of hydrogen-bond donors (Lipinski definition) is 1. The predicted octanol–water partition coefficient (Wildman–Crippen LogP) is 2.58. The minimum Gasteiger partial charge on any atom is -0.396 e. The van der Waals surface area contributed by atoms with E-state index in [1.54, 1.807) is 0 Å². The third-order valence-corrected chi connectivity index (χ3v) is 4.06. The van der Waals surface area contributed by atoms with Crippen LogP contribution in [0.15, 0.2) is 12.2 Å². The second-order valence-electron chi connectivity index (χ2n) is 5.31. The molecule has 1 fully saturated rings. The summed E-state index contributed by atoms with van der Waals surface area (Å²) in [7, 11) is 0. The van der Waals surface area contributed by atoms with E-state index < -0.39 is 0 Å². The summed E-state index contributed by atoms with van der Waals surface area (Å²) in [6.45, 7) is 2.94. The van der Waals surface area contributed by atoms with Crippen molar-refractivity contribution in [3.63, 3.8) is 0 Å². The lowest BCUT2D eigenvalue weighted by Crippen LogP contribution is -2.34. The molecule has 0 amide bonds. The van der Waals surface area contributed by atoms with Gasteiger partial charge >= 0.3 is 0 Å². The molecule has 92 valence electrons. The van der Waals surface area contributed by atoms with Crippen LogP contribution >= 0.6 is 0 Å². The van der Waals surface area contributed by atoms with Crippen LogP contribution in [-0.4, -0.2) is 35.7 Å². The molecule has 0 radical (unpaired) electrons. The van der Waals surface area contributed by atoms with Gasteiger partial charge in [0.2, 0.25) is 0 Å². The van der Waals surface area contributed by atoms with Crippen molar-refractivity contribution < 1.29 is 5.11 Å². The lowest BCUT2D eigenvalue weighted by molar-refractivity contribution is 0.185. The molecule has 0 bridgehead atoms. The summed E-state index contributed by atoms with van der Waals surface area (Å²) < 4.78 is 0. The third kappa shape index (κ3) is 3.33. The standard InChI is InChI=1S/C14H25NO/c16-11-5-9-14-8-4-10-15(14)12-13-6-2-1-3-7-13/h1-2,13-14,16H,3-12H2. The van der Waals surface area contributed by atoms with E-state index in [0.717, 1.165) is 18.4 Å². The molecule has 1 heterocycles. The van der Waals surface area contributed by atoms with Crippen LogP contribution in [0.1, 0.15) is 44.9 Å². The highest BCUT2D eigenvalue weighted by molar-refractivity contribution is 4.92. The van der Waals surface area contributed by atoms with Gasteiger partial charge in [-0.15, -0.1) is 0 Å². The van der Waals surface area contributed by atoms with Crippen molar-refractivity contribution in [2.75, 3.05) is 19.7 Å². The van der Waals surface area contributed by atoms with Crippen molar-refractivity contribution in [3.8, 4) is 0 Å². The van der Waals surface area contributed by atoms with Gasteiger partial charge in [0, 0.05) is 19.2 Å². The maximum Gasteiger partial charge on any atom is 0.0431 e. The molecule has 2 rings (SSSR count). The van der Waals surface area contributed by atoms with E-state index in [1.807, 2.05) is 0 Å². The zero-order chi connectivity index (χ0) is 11.2. The van der Waals surface area contributed by atoms with Gasteiger partial charge in [-0.1, -0.05) is 12.2 Å². The lowest BCUT2D eigenvalue weighted by atomic mass is 9.93. The molecule has 16 heavy (non-hydrogen) atoms. The monoisotopic (exact) mass is 223 g/mol. The molecule has 0 aromatic rings. The molecule has 1 saturated heterocycles. The molecule has 0 aromatic carbocycles. The summed E-state index contributed by atoms with van der Waals surface area (Å²) in [6, 6.07) is 0.762. The van der Waals surface area contributed by atoms with Crippen molar-refractivity contribution in [1.82, 2.24) is 4.90 Å². The quantitative estimate of drug-likeness (QED) is 0.724. The molecule has 2 atom stereocenters. The molecule has 1 aliphatic carbocycles. The van der Waals surface area contributed by atoms with Crippen LogP contribution < -0.4 is 0 Å². The summed E-state index contributed by atoms with van der Waals surface area (Å²) in [6.07, 6.45) is 13.5. The highest BCUT2D eigenvalue weighted by Gasteiger charge is 2.26. The Kier molecular flexibility index (Phi) is 4.86. The van der Waals surface area contributed by atoms with E-state index in [2.05, 4.69) is 17.1 Å². The first kappa shape index (κ1) is 12.1. The van der Waals surface area contributed by atoms with E-state index >= 15 is 0 Å². The minimum atomic E-state index is 0.358. The Morgan fingerprint density at radius 3 is 2.94 bits per heavy atom. The first-order valence-electron chi connectivity index (χ1n) is 6.90. The number of hydrogen-bond acceptors (Lipinski definition) is 2. The Labute approximate surface area is 99.3 Å². The molecule has 1 N–H and O–H groups in total. The van der Waals surface area contributed by atoms with Crippen molar-refractivity contribution >= 4 is 0 Å². The number of allylic oxidation sites excluding steroid dienone is 2. The van der Waals surface area contributed by atoms with Gasteiger partial charge < -0.3 is 10.0 Å². The number of aliphatic hydroxyl groups is 1. The average Bonchev–Trinajstić information content (AvgIpc) is 2.75. The molecule has 1 aliphatic heterocycles. The second-order valence-corrected chi connectivity index (χ2v) is 5.31. The molecule has 2 nitrogen and oxygen atoms in total. The van der Waals surface area contributed by atoms with E-state index in [0.29, 0.717) is 6.61 Å². The topological polar surface area (TPSA) is 23.5 Å². The van der Waals surface area contributed by atoms with Crippen molar-refractivity contribution in [3.05, 3.63) is 12.2 Å². The second kappa shape index (κ2) is 6.41. The molecule has 2 unspecified atom stereocenters. The summed E-state index contributed by atoms with van der Waals surface area (Å²) >= 11 is 0. The molecule has 2 heteroatoms. The van der Waals surface area contributed by atoms with Crippen LogP contribution in [0.25, 0.3) is 0 Å². The van der Waals surface area contributed by atoms with Crippen molar-refractivity contribution in [2.45, 2.75) is 51.0 Å². The van der Waals surface area contributed by atoms with E-state index in [1.165, 1.54) is 51.6 Å². The fourth-order valence-electron chi connectivity index (χ4n) is 3.14. The normalized spacial score (nSPS) is 31.1. The van der Waals surface area contributed by atoms with Crippen LogP contribution in [0.2, 0.25) is 0 Å². The molecule has 0 aromatic heterocycles. The fourth-order valence-corrected chi connectivity index (χ4v) is 3.14. The SMILES string of the molecule is OCCCC1CCCN1CC1CC=CCC1. The highest BCUT2D eigenvalue weighted by Crippen LogP contribution is 2.26. The van der Waals surface area contributed by atoms with Crippen LogP contribution in [0, 0.1) is 5.92 Å². The molecule has 2 aliphatic rings. The zero-order valence-corrected chi connectivity index (χ0v) is 10.3. The summed E-state index contributed by atoms with van der Waals surface area (Å²) in [4.78, 5) is 2.68. The van der Waals surface area contributed by atoms with Gasteiger partial charge in [-0.3, -0.25) is 0 Å². The third-order valence-electron chi connectivity index (χ3n) is 4.06. The lowest BCUT2D eigenvalue weighted by Gasteiger charge is -2.29. The minimum absolute atomic E-state index is 0.358. The molecule has 0 spiro atoms. The Hall–Kier alpha value is -0.340. The van der Waals surface area contributed by atoms with Gasteiger partial charge in [0.15, 0.2) is 0 Å². The van der Waals surface area contributed by atoms with Crippen LogP contribution in [0.3, 0.4) is 0 Å². The van der Waals surface area contributed by atoms with Gasteiger partial charge in [-0.05, 0) is 57.4 Å². The Morgan fingerprint density at radius 1 is 1.25 bits per heavy atom. The van der Waals surface area contributed by atoms with Gasteiger partial charge in [-0.2, -0.15) is 0 Å². The Balaban J connectivity index is 1.76. The van der Waals surface area contributed by atoms with E-state index in [4.69, 9.17) is 5.11 Å². The van der Waals surface area contributed by atoms with Gasteiger partial charge in [0.1, 0.15) is 0 Å². The Bertz CT molecular complexity index is 227. The van der Waals surface area contributed by atoms with Crippen LogP contribution in [-0.2, 0) is 0 Å².